The highest BCUT2D eigenvalue weighted by molar-refractivity contribution is 5.59. The van der Waals surface area contributed by atoms with Crippen molar-refractivity contribution in [2.24, 2.45) is 0 Å². The molecule has 0 aliphatic carbocycles. The zero-order valence-corrected chi connectivity index (χ0v) is 10.2. The molecule has 16 heavy (non-hydrogen) atoms. The molecule has 0 N–H and O–H groups in total. The Morgan fingerprint density at radius 3 is 2.44 bits per heavy atom. The summed E-state index contributed by atoms with van der Waals surface area (Å²) in [5.74, 6) is 0. The third-order valence-corrected chi connectivity index (χ3v) is 2.85. The summed E-state index contributed by atoms with van der Waals surface area (Å²) < 4.78 is 2.05. The molecule has 3 nitrogen and oxygen atoms in total. The molecule has 0 bridgehead atoms. The van der Waals surface area contributed by atoms with Crippen molar-refractivity contribution in [3.63, 3.8) is 0 Å². The molecule has 0 atom stereocenters. The highest BCUT2D eigenvalue weighted by Crippen LogP contribution is 2.24. The number of hydrogen-bond acceptors (Lipinski definition) is 2. The summed E-state index contributed by atoms with van der Waals surface area (Å²) in [6.45, 7) is 8.49. The maximum atomic E-state index is 4.63. The van der Waals surface area contributed by atoms with Crippen molar-refractivity contribution >= 4 is 0 Å². The number of nitrogens with zero attached hydrogens (tertiary/aromatic N) is 3. The van der Waals surface area contributed by atoms with Gasteiger partial charge in [-0.15, -0.1) is 0 Å². The lowest BCUT2D eigenvalue weighted by atomic mass is 10.1. The second kappa shape index (κ2) is 4.08. The maximum absolute atomic E-state index is 4.63. The molecule has 2 aromatic heterocycles. The standard InChI is InChI=1S/C13H17N3/c1-9(2)16-11(4)10(3)13(15-16)12-7-5-6-8-14-12/h5-9H,1-4H3. The average molecular weight is 215 g/mol. The van der Waals surface area contributed by atoms with Crippen LogP contribution in [-0.2, 0) is 0 Å². The smallest absolute Gasteiger partial charge is 0.114 e. The highest BCUT2D eigenvalue weighted by atomic mass is 15.3. The molecule has 84 valence electrons. The van der Waals surface area contributed by atoms with Crippen LogP contribution in [0.25, 0.3) is 11.4 Å². The molecule has 0 aliphatic heterocycles. The van der Waals surface area contributed by atoms with Crippen LogP contribution in [0.15, 0.2) is 24.4 Å². The Hall–Kier alpha value is -1.64. The van der Waals surface area contributed by atoms with Crippen molar-refractivity contribution in [2.75, 3.05) is 0 Å². The van der Waals surface area contributed by atoms with E-state index in [2.05, 4.69) is 42.5 Å². The first kappa shape index (κ1) is 10.9. The first-order valence-corrected chi connectivity index (χ1v) is 5.58. The lowest BCUT2D eigenvalue weighted by molar-refractivity contribution is 0.520. The van der Waals surface area contributed by atoms with Crippen LogP contribution >= 0.6 is 0 Å². The average Bonchev–Trinajstić information content (AvgIpc) is 2.58. The van der Waals surface area contributed by atoms with E-state index in [9.17, 15) is 0 Å². The molecule has 0 spiro atoms. The van der Waals surface area contributed by atoms with Gasteiger partial charge in [-0.1, -0.05) is 6.07 Å². The van der Waals surface area contributed by atoms with Crippen molar-refractivity contribution < 1.29 is 0 Å². The lowest BCUT2D eigenvalue weighted by Gasteiger charge is -2.07. The molecule has 2 heterocycles. The predicted octanol–water partition coefficient (Wildman–Crippen LogP) is 3.14. The van der Waals surface area contributed by atoms with Crippen LogP contribution in [0, 0.1) is 13.8 Å². The van der Waals surface area contributed by atoms with Gasteiger partial charge < -0.3 is 0 Å². The molecule has 3 heteroatoms. The van der Waals surface area contributed by atoms with Gasteiger partial charge in [-0.3, -0.25) is 9.67 Å². The molecule has 0 fully saturated rings. The molecule has 2 aromatic rings. The predicted molar refractivity (Wildman–Crippen MR) is 65.3 cm³/mol. The summed E-state index contributed by atoms with van der Waals surface area (Å²) in [5.41, 5.74) is 4.37. The molecule has 0 amide bonds. The molecular weight excluding hydrogens is 198 g/mol. The highest BCUT2D eigenvalue weighted by Gasteiger charge is 2.14. The van der Waals surface area contributed by atoms with Gasteiger partial charge in [-0.05, 0) is 45.4 Å². The van der Waals surface area contributed by atoms with E-state index in [1.54, 1.807) is 6.20 Å². The number of pyridine rings is 1. The largest absolute Gasteiger partial charge is 0.266 e. The summed E-state index contributed by atoms with van der Waals surface area (Å²) in [6.07, 6.45) is 1.80. The number of aromatic nitrogens is 3. The zero-order valence-electron chi connectivity index (χ0n) is 10.2. The zero-order chi connectivity index (χ0) is 11.7. The van der Waals surface area contributed by atoms with E-state index >= 15 is 0 Å². The van der Waals surface area contributed by atoms with E-state index in [0.29, 0.717) is 6.04 Å². The molecule has 2 rings (SSSR count). The Labute approximate surface area is 96.1 Å². The Morgan fingerprint density at radius 2 is 1.94 bits per heavy atom. The van der Waals surface area contributed by atoms with E-state index in [4.69, 9.17) is 0 Å². The van der Waals surface area contributed by atoms with Crippen molar-refractivity contribution in [1.29, 1.82) is 0 Å². The maximum Gasteiger partial charge on any atom is 0.114 e. The fraction of sp³-hybridized carbons (Fsp3) is 0.385. The van der Waals surface area contributed by atoms with E-state index in [1.165, 1.54) is 11.3 Å². The summed E-state index contributed by atoms with van der Waals surface area (Å²) in [4.78, 5) is 4.35. The van der Waals surface area contributed by atoms with Gasteiger partial charge in [0.15, 0.2) is 0 Å². The molecule has 0 aromatic carbocycles. The van der Waals surface area contributed by atoms with Gasteiger partial charge >= 0.3 is 0 Å². The van der Waals surface area contributed by atoms with Crippen molar-refractivity contribution in [2.45, 2.75) is 33.7 Å². The van der Waals surface area contributed by atoms with Gasteiger partial charge in [0.25, 0.3) is 0 Å². The van der Waals surface area contributed by atoms with Gasteiger partial charge in [0, 0.05) is 17.9 Å². The Morgan fingerprint density at radius 1 is 1.19 bits per heavy atom. The molecule has 0 saturated heterocycles. The van der Waals surface area contributed by atoms with Gasteiger partial charge in [0.2, 0.25) is 0 Å². The Bertz CT molecular complexity index is 483. The van der Waals surface area contributed by atoms with E-state index in [0.717, 1.165) is 11.4 Å². The number of hydrogen-bond donors (Lipinski definition) is 0. The van der Waals surface area contributed by atoms with Crippen LogP contribution < -0.4 is 0 Å². The second-order valence-electron chi connectivity index (χ2n) is 4.31. The molecule has 0 unspecified atom stereocenters. The van der Waals surface area contributed by atoms with Gasteiger partial charge in [-0.25, -0.2) is 0 Å². The van der Waals surface area contributed by atoms with Gasteiger partial charge in [0.05, 0.1) is 5.69 Å². The molecule has 0 saturated carbocycles. The summed E-state index contributed by atoms with van der Waals surface area (Å²) in [7, 11) is 0. The third-order valence-electron chi connectivity index (χ3n) is 2.85. The van der Waals surface area contributed by atoms with Gasteiger partial charge in [0.1, 0.15) is 5.69 Å². The third kappa shape index (κ3) is 1.73. The van der Waals surface area contributed by atoms with Crippen LogP contribution in [0.5, 0.6) is 0 Å². The van der Waals surface area contributed by atoms with Crippen molar-refractivity contribution in [3.8, 4) is 11.4 Å². The summed E-state index contributed by atoms with van der Waals surface area (Å²) in [5, 5.41) is 4.63. The molecule has 0 aliphatic rings. The van der Waals surface area contributed by atoms with E-state index < -0.39 is 0 Å². The van der Waals surface area contributed by atoms with Crippen molar-refractivity contribution in [3.05, 3.63) is 35.7 Å². The lowest BCUT2D eigenvalue weighted by Crippen LogP contribution is -2.04. The monoisotopic (exact) mass is 215 g/mol. The number of rotatable bonds is 2. The minimum absolute atomic E-state index is 0.385. The normalized spacial score (nSPS) is 11.1. The Kier molecular flexibility index (Phi) is 2.77. The van der Waals surface area contributed by atoms with E-state index in [1.807, 2.05) is 18.2 Å². The summed E-state index contributed by atoms with van der Waals surface area (Å²) in [6, 6.07) is 6.30. The SMILES string of the molecule is Cc1c(-c2ccccn2)nn(C(C)C)c1C. The van der Waals surface area contributed by atoms with Gasteiger partial charge in [-0.2, -0.15) is 5.10 Å². The summed E-state index contributed by atoms with van der Waals surface area (Å²) >= 11 is 0. The van der Waals surface area contributed by atoms with Crippen LogP contribution in [0.2, 0.25) is 0 Å². The van der Waals surface area contributed by atoms with Crippen LogP contribution in [0.3, 0.4) is 0 Å². The fourth-order valence-electron chi connectivity index (χ4n) is 1.85. The first-order valence-electron chi connectivity index (χ1n) is 5.58. The van der Waals surface area contributed by atoms with Crippen molar-refractivity contribution in [1.82, 2.24) is 14.8 Å². The van der Waals surface area contributed by atoms with Crippen LogP contribution in [0.4, 0.5) is 0 Å². The minimum Gasteiger partial charge on any atom is -0.266 e. The minimum atomic E-state index is 0.385. The second-order valence-corrected chi connectivity index (χ2v) is 4.31. The first-order chi connectivity index (χ1) is 7.61. The molecular formula is C13H17N3. The van der Waals surface area contributed by atoms with E-state index in [-0.39, 0.29) is 0 Å². The quantitative estimate of drug-likeness (QED) is 0.770. The molecule has 0 radical (unpaired) electrons. The van der Waals surface area contributed by atoms with Crippen LogP contribution in [0.1, 0.15) is 31.1 Å². The van der Waals surface area contributed by atoms with Crippen LogP contribution in [-0.4, -0.2) is 14.8 Å². The Balaban J connectivity index is 2.55. The topological polar surface area (TPSA) is 30.7 Å². The fourth-order valence-corrected chi connectivity index (χ4v) is 1.85.